The van der Waals surface area contributed by atoms with Crippen molar-refractivity contribution in [2.75, 3.05) is 6.54 Å². The fourth-order valence-electron chi connectivity index (χ4n) is 2.33. The molecule has 1 N–H and O–H groups in total. The summed E-state index contributed by atoms with van der Waals surface area (Å²) in [5.41, 5.74) is 2.51. The van der Waals surface area contributed by atoms with Gasteiger partial charge < -0.3 is 10.1 Å². The van der Waals surface area contributed by atoms with Crippen LogP contribution in [0.15, 0.2) is 48.5 Å². The molecule has 0 bridgehead atoms. The Balaban J connectivity index is 1.57. The molecule has 3 heteroatoms. The zero-order chi connectivity index (χ0) is 14.5. The van der Waals surface area contributed by atoms with Gasteiger partial charge >= 0.3 is 0 Å². The van der Waals surface area contributed by atoms with E-state index in [1.165, 1.54) is 36.1 Å². The van der Waals surface area contributed by atoms with Crippen molar-refractivity contribution in [2.24, 2.45) is 0 Å². The molecule has 0 heterocycles. The molecule has 1 aliphatic carbocycles. The van der Waals surface area contributed by atoms with Gasteiger partial charge in [0.1, 0.15) is 18.2 Å². The summed E-state index contributed by atoms with van der Waals surface area (Å²) in [5, 5.41) is 3.53. The maximum absolute atomic E-state index is 12.9. The molecular formula is C18H20FNO. The molecular weight excluding hydrogens is 265 g/mol. The number of benzene rings is 2. The number of rotatable bonds is 7. The van der Waals surface area contributed by atoms with Gasteiger partial charge in [0.2, 0.25) is 0 Å². The molecule has 3 rings (SSSR count). The molecule has 1 aliphatic rings. The molecule has 110 valence electrons. The van der Waals surface area contributed by atoms with E-state index in [1.807, 2.05) is 6.07 Å². The van der Waals surface area contributed by atoms with Crippen LogP contribution in [0.25, 0.3) is 0 Å². The van der Waals surface area contributed by atoms with Gasteiger partial charge in [-0.05, 0) is 61.2 Å². The molecule has 0 radical (unpaired) electrons. The van der Waals surface area contributed by atoms with Gasteiger partial charge in [0.05, 0.1) is 0 Å². The van der Waals surface area contributed by atoms with Crippen LogP contribution in [0.3, 0.4) is 0 Å². The summed E-state index contributed by atoms with van der Waals surface area (Å²) in [6.45, 7) is 1.53. The van der Waals surface area contributed by atoms with Gasteiger partial charge in [-0.15, -0.1) is 0 Å². The largest absolute Gasteiger partial charge is 0.489 e. The highest BCUT2D eigenvalue weighted by Crippen LogP contribution is 2.19. The summed E-state index contributed by atoms with van der Waals surface area (Å²) < 4.78 is 18.6. The monoisotopic (exact) mass is 285 g/mol. The zero-order valence-corrected chi connectivity index (χ0v) is 12.0. The van der Waals surface area contributed by atoms with E-state index in [0.717, 1.165) is 19.0 Å². The molecule has 0 saturated heterocycles. The van der Waals surface area contributed by atoms with Crippen molar-refractivity contribution in [1.82, 2.24) is 5.32 Å². The second kappa shape index (κ2) is 6.72. The van der Waals surface area contributed by atoms with Crippen molar-refractivity contribution in [1.29, 1.82) is 0 Å². The van der Waals surface area contributed by atoms with Gasteiger partial charge in [0.25, 0.3) is 0 Å². The first-order chi connectivity index (χ1) is 10.3. The first-order valence-corrected chi connectivity index (χ1v) is 7.50. The summed E-state index contributed by atoms with van der Waals surface area (Å²) in [4.78, 5) is 0. The summed E-state index contributed by atoms with van der Waals surface area (Å²) in [5.74, 6) is 0.455. The van der Waals surface area contributed by atoms with Crippen LogP contribution in [0, 0.1) is 5.82 Å². The highest BCUT2D eigenvalue weighted by atomic mass is 19.1. The topological polar surface area (TPSA) is 21.3 Å². The average molecular weight is 285 g/mol. The summed E-state index contributed by atoms with van der Waals surface area (Å²) >= 11 is 0. The Morgan fingerprint density at radius 1 is 1.00 bits per heavy atom. The van der Waals surface area contributed by atoms with Crippen LogP contribution in [-0.4, -0.2) is 12.6 Å². The fourth-order valence-corrected chi connectivity index (χ4v) is 2.33. The number of hydrogen-bond acceptors (Lipinski definition) is 2. The molecule has 0 spiro atoms. The Morgan fingerprint density at radius 3 is 2.43 bits per heavy atom. The third-order valence-electron chi connectivity index (χ3n) is 3.73. The molecule has 0 aromatic heterocycles. The van der Waals surface area contributed by atoms with Crippen molar-refractivity contribution >= 4 is 0 Å². The van der Waals surface area contributed by atoms with Gasteiger partial charge in [-0.2, -0.15) is 0 Å². The van der Waals surface area contributed by atoms with E-state index in [4.69, 9.17) is 4.74 Å². The number of ether oxygens (including phenoxy) is 1. The van der Waals surface area contributed by atoms with E-state index in [9.17, 15) is 4.39 Å². The Labute approximate surface area is 125 Å². The van der Waals surface area contributed by atoms with Crippen molar-refractivity contribution in [3.05, 3.63) is 65.5 Å². The van der Waals surface area contributed by atoms with Crippen molar-refractivity contribution in [3.63, 3.8) is 0 Å². The van der Waals surface area contributed by atoms with E-state index in [0.29, 0.717) is 12.4 Å². The molecule has 0 unspecified atom stereocenters. The van der Waals surface area contributed by atoms with E-state index in [-0.39, 0.29) is 5.82 Å². The Bertz CT molecular complexity index is 578. The Kier molecular flexibility index (Phi) is 4.51. The normalized spacial score (nSPS) is 14.1. The van der Waals surface area contributed by atoms with Crippen LogP contribution in [-0.2, 0) is 13.0 Å². The molecule has 2 nitrogen and oxygen atoms in total. The lowest BCUT2D eigenvalue weighted by Crippen LogP contribution is -2.19. The number of halogens is 1. The van der Waals surface area contributed by atoms with Crippen LogP contribution in [0.2, 0.25) is 0 Å². The number of nitrogens with one attached hydrogen (secondary N) is 1. The summed E-state index contributed by atoms with van der Waals surface area (Å²) in [6.07, 6.45) is 3.64. The minimum atomic E-state index is -0.242. The molecule has 1 saturated carbocycles. The standard InChI is InChI=1S/C18H20FNO/c19-16-5-9-18(10-6-16)21-13-15-4-2-1-3-14(15)11-12-20-17-7-8-17/h1-6,9-10,17,20H,7-8,11-13H2. The average Bonchev–Trinajstić information content (AvgIpc) is 3.32. The van der Waals surface area contributed by atoms with Crippen LogP contribution >= 0.6 is 0 Å². The fraction of sp³-hybridized carbons (Fsp3) is 0.333. The first-order valence-electron chi connectivity index (χ1n) is 7.50. The van der Waals surface area contributed by atoms with E-state index in [2.05, 4.69) is 23.5 Å². The predicted octanol–water partition coefficient (Wildman–Crippen LogP) is 3.70. The summed E-state index contributed by atoms with van der Waals surface area (Å²) in [6, 6.07) is 15.2. The minimum Gasteiger partial charge on any atom is -0.489 e. The van der Waals surface area contributed by atoms with Gasteiger partial charge in [-0.1, -0.05) is 24.3 Å². The highest BCUT2D eigenvalue weighted by molar-refractivity contribution is 5.28. The summed E-state index contributed by atoms with van der Waals surface area (Å²) in [7, 11) is 0. The maximum atomic E-state index is 12.9. The lowest BCUT2D eigenvalue weighted by molar-refractivity contribution is 0.304. The molecule has 0 aliphatic heterocycles. The maximum Gasteiger partial charge on any atom is 0.123 e. The second-order valence-corrected chi connectivity index (χ2v) is 5.49. The van der Waals surface area contributed by atoms with Gasteiger partial charge in [-0.3, -0.25) is 0 Å². The van der Waals surface area contributed by atoms with Crippen LogP contribution in [0.1, 0.15) is 24.0 Å². The SMILES string of the molecule is Fc1ccc(OCc2ccccc2CCNC2CC2)cc1. The van der Waals surface area contributed by atoms with E-state index >= 15 is 0 Å². The van der Waals surface area contributed by atoms with Crippen molar-refractivity contribution in [2.45, 2.75) is 31.9 Å². The predicted molar refractivity (Wildman–Crippen MR) is 81.9 cm³/mol. The molecule has 0 atom stereocenters. The molecule has 1 fully saturated rings. The van der Waals surface area contributed by atoms with Gasteiger partial charge in [0.15, 0.2) is 0 Å². The minimum absolute atomic E-state index is 0.242. The van der Waals surface area contributed by atoms with Gasteiger partial charge in [-0.25, -0.2) is 4.39 Å². The Morgan fingerprint density at radius 2 is 1.71 bits per heavy atom. The van der Waals surface area contributed by atoms with Gasteiger partial charge in [0, 0.05) is 6.04 Å². The first kappa shape index (κ1) is 14.1. The molecule has 2 aromatic rings. The second-order valence-electron chi connectivity index (χ2n) is 5.49. The smallest absolute Gasteiger partial charge is 0.123 e. The van der Waals surface area contributed by atoms with E-state index in [1.54, 1.807) is 12.1 Å². The third kappa shape index (κ3) is 4.30. The highest BCUT2D eigenvalue weighted by Gasteiger charge is 2.19. The lowest BCUT2D eigenvalue weighted by atomic mass is 10.1. The molecule has 2 aromatic carbocycles. The van der Waals surface area contributed by atoms with Crippen LogP contribution in [0.5, 0.6) is 5.75 Å². The van der Waals surface area contributed by atoms with E-state index < -0.39 is 0 Å². The van der Waals surface area contributed by atoms with Crippen LogP contribution < -0.4 is 10.1 Å². The Hall–Kier alpha value is -1.87. The quantitative estimate of drug-likeness (QED) is 0.837. The zero-order valence-electron chi connectivity index (χ0n) is 12.0. The third-order valence-corrected chi connectivity index (χ3v) is 3.73. The van der Waals surface area contributed by atoms with Crippen molar-refractivity contribution < 1.29 is 9.13 Å². The van der Waals surface area contributed by atoms with Crippen LogP contribution in [0.4, 0.5) is 4.39 Å². The molecule has 21 heavy (non-hydrogen) atoms. The molecule has 0 amide bonds. The lowest BCUT2D eigenvalue weighted by Gasteiger charge is -2.11. The van der Waals surface area contributed by atoms with Crippen molar-refractivity contribution in [3.8, 4) is 5.75 Å². The number of hydrogen-bond donors (Lipinski definition) is 1.